The predicted molar refractivity (Wildman–Crippen MR) is 26.0 cm³/mol. The summed E-state index contributed by atoms with van der Waals surface area (Å²) in [5.74, 6) is -0.00231. The van der Waals surface area contributed by atoms with Gasteiger partial charge in [-0.15, -0.1) is 5.43 Å². The minimum absolute atomic E-state index is 0.00231. The zero-order valence-corrected chi connectivity index (χ0v) is 3.92. The van der Waals surface area contributed by atoms with Gasteiger partial charge in [0.15, 0.2) is 0 Å². The average Bonchev–Trinajstić information content (AvgIpc) is 1.87. The first kappa shape index (κ1) is 4.18. The molecule has 0 spiro atoms. The summed E-state index contributed by atoms with van der Waals surface area (Å²) in [4.78, 5) is 0. The number of allylic oxidation sites excluding steroid dienone is 1. The maximum absolute atomic E-state index is 8.48. The summed E-state index contributed by atoms with van der Waals surface area (Å²) in [6.07, 6.45) is 1.50. The van der Waals surface area contributed by atoms with Crippen LogP contribution >= 0.6 is 0 Å². The molecule has 1 rings (SSSR count). The van der Waals surface area contributed by atoms with Crippen molar-refractivity contribution in [3.05, 3.63) is 12.0 Å². The second-order valence-electron chi connectivity index (χ2n) is 1.34. The van der Waals surface area contributed by atoms with E-state index in [-0.39, 0.29) is 5.88 Å². The van der Waals surface area contributed by atoms with E-state index in [0.717, 1.165) is 5.71 Å². The summed E-state index contributed by atoms with van der Waals surface area (Å²) in [5, 5.41) is 12.0. The molecule has 0 unspecified atom stereocenters. The van der Waals surface area contributed by atoms with E-state index in [1.165, 1.54) is 6.08 Å². The second-order valence-corrected chi connectivity index (χ2v) is 1.34. The summed E-state index contributed by atoms with van der Waals surface area (Å²) < 4.78 is 0. The van der Waals surface area contributed by atoms with E-state index in [1.807, 2.05) is 0 Å². The molecule has 0 atom stereocenters. The van der Waals surface area contributed by atoms with E-state index < -0.39 is 0 Å². The molecule has 37 valence electrons. The molecule has 3 nitrogen and oxygen atoms in total. The number of hydrogen-bond acceptors (Lipinski definition) is 2. The molecule has 0 aromatic carbocycles. The van der Waals surface area contributed by atoms with E-state index in [9.17, 15) is 0 Å². The molecular weight excluding hydrogens is 92.1 g/mol. The molecule has 1 aliphatic rings. The van der Waals surface area contributed by atoms with Gasteiger partial charge in [0.2, 0.25) is 5.88 Å². The third kappa shape index (κ3) is 0.707. The Hall–Kier alpha value is -0.990. The molecule has 1 heterocycles. The highest BCUT2D eigenvalue weighted by molar-refractivity contribution is 5.94. The Bertz CT molecular complexity index is 137. The fraction of sp³-hybridized carbons (Fsp3) is 0.250. The van der Waals surface area contributed by atoms with Crippen LogP contribution in [0.1, 0.15) is 6.92 Å². The number of aliphatic hydroxyl groups excluding tert-OH is 1. The molecule has 0 bridgehead atoms. The number of aliphatic hydroxyl groups is 1. The molecule has 0 aromatic rings. The molecule has 1 aliphatic heterocycles. The lowest BCUT2D eigenvalue weighted by Gasteiger charge is -1.78. The van der Waals surface area contributed by atoms with E-state index in [0.29, 0.717) is 0 Å². The molecule has 0 fully saturated rings. The van der Waals surface area contributed by atoms with Gasteiger partial charge in [-0.3, -0.25) is 0 Å². The van der Waals surface area contributed by atoms with Crippen LogP contribution in [0, 0.1) is 0 Å². The molecule has 7 heavy (non-hydrogen) atoms. The topological polar surface area (TPSA) is 46.7 Å². The van der Waals surface area contributed by atoms with Crippen molar-refractivity contribution in [2.45, 2.75) is 6.92 Å². The molecule has 0 aromatic heterocycles. The van der Waals surface area contributed by atoms with E-state index >= 15 is 0 Å². The predicted octanol–water partition coefficient (Wildman–Crippen LogP) is 0.380. The lowest BCUT2D eigenvalue weighted by molar-refractivity contribution is 0.370. The van der Waals surface area contributed by atoms with Gasteiger partial charge in [0.25, 0.3) is 0 Å². The largest absolute Gasteiger partial charge is 0.492 e. The van der Waals surface area contributed by atoms with Crippen LogP contribution in [0.5, 0.6) is 0 Å². The van der Waals surface area contributed by atoms with Gasteiger partial charge >= 0.3 is 0 Å². The lowest BCUT2D eigenvalue weighted by Crippen LogP contribution is -1.86. The van der Waals surface area contributed by atoms with Crippen LogP contribution in [-0.2, 0) is 0 Å². The van der Waals surface area contributed by atoms with Crippen molar-refractivity contribution < 1.29 is 5.11 Å². The van der Waals surface area contributed by atoms with Crippen LogP contribution in [-0.4, -0.2) is 10.8 Å². The minimum atomic E-state index is -0.00231. The van der Waals surface area contributed by atoms with Crippen molar-refractivity contribution in [3.63, 3.8) is 0 Å². The zero-order valence-electron chi connectivity index (χ0n) is 3.92. The normalized spacial score (nSPS) is 17.9. The Morgan fingerprint density at radius 3 is 2.57 bits per heavy atom. The summed E-state index contributed by atoms with van der Waals surface area (Å²) in [6.45, 7) is 1.77. The second kappa shape index (κ2) is 1.26. The van der Waals surface area contributed by atoms with Gasteiger partial charge in [-0.1, -0.05) is 0 Å². The van der Waals surface area contributed by atoms with Gasteiger partial charge in [-0.05, 0) is 6.92 Å². The highest BCUT2D eigenvalue weighted by Crippen LogP contribution is 1.94. The molecule has 0 amide bonds. The van der Waals surface area contributed by atoms with Crippen LogP contribution in [0.15, 0.2) is 17.1 Å². The third-order valence-electron chi connectivity index (χ3n) is 0.648. The highest BCUT2D eigenvalue weighted by Gasteiger charge is 2.00. The zero-order chi connectivity index (χ0) is 5.28. The summed E-state index contributed by atoms with van der Waals surface area (Å²) >= 11 is 0. The average molecular weight is 97.1 g/mol. The Labute approximate surface area is 41.3 Å². The molecule has 0 saturated carbocycles. The van der Waals surface area contributed by atoms with Gasteiger partial charge in [0, 0.05) is 6.08 Å². The first-order valence-electron chi connectivity index (χ1n) is 1.95. The van der Waals surface area contributed by atoms with Crippen LogP contribution < -0.4 is 5.43 Å². The van der Waals surface area contributed by atoms with E-state index in [1.54, 1.807) is 6.92 Å². The van der Waals surface area contributed by atoms with Crippen molar-refractivity contribution in [1.29, 1.82) is 0 Å². The molecule has 0 aliphatic carbocycles. The summed E-state index contributed by atoms with van der Waals surface area (Å²) in [5.41, 5.74) is 4.07. The molecule has 3 heteroatoms. The lowest BCUT2D eigenvalue weighted by atomic mass is 10.4. The van der Waals surface area contributed by atoms with Crippen molar-refractivity contribution in [2.24, 2.45) is 5.10 Å². The number of hydrogen-bond donors (Lipinski definition) is 1. The van der Waals surface area contributed by atoms with Gasteiger partial charge < -0.3 is 5.11 Å². The van der Waals surface area contributed by atoms with Crippen molar-refractivity contribution in [1.82, 2.24) is 5.43 Å². The first-order chi connectivity index (χ1) is 3.29. The maximum Gasteiger partial charge on any atom is 0.232 e. The Morgan fingerprint density at radius 2 is 2.43 bits per heavy atom. The SMILES string of the molecule is CC1=N[N]C(O)=C1. The summed E-state index contributed by atoms with van der Waals surface area (Å²) in [6, 6.07) is 0. The van der Waals surface area contributed by atoms with Crippen LogP contribution in [0.25, 0.3) is 0 Å². The van der Waals surface area contributed by atoms with Gasteiger partial charge in [0.1, 0.15) is 0 Å². The maximum atomic E-state index is 8.48. The standard InChI is InChI=1S/C4H5N2O/c1-3-2-4(7)6-5-3/h2,7H,1H3. The molecule has 0 saturated heterocycles. The fourth-order valence-corrected chi connectivity index (χ4v) is 0.375. The van der Waals surface area contributed by atoms with Crippen LogP contribution in [0.3, 0.4) is 0 Å². The molecular formula is C4H5N2O. The van der Waals surface area contributed by atoms with Crippen LogP contribution in [0.2, 0.25) is 0 Å². The van der Waals surface area contributed by atoms with Crippen molar-refractivity contribution in [2.75, 3.05) is 0 Å². The Balaban J connectivity index is 2.69. The Kier molecular flexibility index (Phi) is 0.749. The van der Waals surface area contributed by atoms with Crippen LogP contribution in [0.4, 0.5) is 0 Å². The monoisotopic (exact) mass is 97.0 g/mol. The highest BCUT2D eigenvalue weighted by atomic mass is 16.3. The number of nitrogens with zero attached hydrogens (tertiary/aromatic N) is 2. The Morgan fingerprint density at radius 1 is 1.71 bits per heavy atom. The van der Waals surface area contributed by atoms with Gasteiger partial charge in [-0.2, -0.15) is 5.10 Å². The first-order valence-corrected chi connectivity index (χ1v) is 1.95. The quantitative estimate of drug-likeness (QED) is 0.466. The van der Waals surface area contributed by atoms with Gasteiger partial charge in [0.05, 0.1) is 5.71 Å². The molecule has 1 radical (unpaired) electrons. The van der Waals surface area contributed by atoms with Gasteiger partial charge in [-0.25, -0.2) is 0 Å². The number of rotatable bonds is 0. The fourth-order valence-electron chi connectivity index (χ4n) is 0.375. The molecule has 1 N–H and O–H groups in total. The third-order valence-corrected chi connectivity index (χ3v) is 0.648. The van der Waals surface area contributed by atoms with Crippen molar-refractivity contribution >= 4 is 5.71 Å². The van der Waals surface area contributed by atoms with E-state index in [4.69, 9.17) is 5.11 Å². The smallest absolute Gasteiger partial charge is 0.232 e. The summed E-state index contributed by atoms with van der Waals surface area (Å²) in [7, 11) is 0. The minimum Gasteiger partial charge on any atom is -0.492 e. The van der Waals surface area contributed by atoms with Crippen molar-refractivity contribution in [3.8, 4) is 0 Å². The van der Waals surface area contributed by atoms with E-state index in [2.05, 4.69) is 10.5 Å².